The van der Waals surface area contributed by atoms with Gasteiger partial charge in [0.05, 0.1) is 11.1 Å². The molecule has 0 saturated heterocycles. The Morgan fingerprint density at radius 2 is 1.31 bits per heavy atom. The minimum Gasteiger partial charge on any atom is -0.387 e. The fraction of sp³-hybridized carbons (Fsp3) is 0.583. The summed E-state index contributed by atoms with van der Waals surface area (Å²) in [6.07, 6.45) is 3.74. The molecule has 0 aromatic heterocycles. The lowest BCUT2D eigenvalue weighted by molar-refractivity contribution is -0.148. The Balaban J connectivity index is 3.13. The van der Waals surface area contributed by atoms with Gasteiger partial charge >= 0.3 is 23.9 Å². The van der Waals surface area contributed by atoms with Crippen LogP contribution in [-0.4, -0.2) is 46.3 Å². The molecule has 0 aliphatic carbocycles. The van der Waals surface area contributed by atoms with Crippen LogP contribution in [0.5, 0.6) is 0 Å². The second-order valence-electron chi connectivity index (χ2n) is 7.62. The van der Waals surface area contributed by atoms with Gasteiger partial charge in [0.2, 0.25) is 0 Å². The minimum atomic E-state index is -1.47. The van der Waals surface area contributed by atoms with Gasteiger partial charge in [-0.3, -0.25) is 0 Å². The van der Waals surface area contributed by atoms with Crippen molar-refractivity contribution in [1.82, 2.24) is 0 Å². The Kier molecular flexibility index (Phi) is 12.4. The fourth-order valence-electron chi connectivity index (χ4n) is 3.07. The number of hydrogen-bond acceptors (Lipinski definition) is 8. The van der Waals surface area contributed by atoms with Crippen molar-refractivity contribution in [3.8, 4) is 0 Å². The monoisotopic (exact) mass is 450 g/mol. The highest BCUT2D eigenvalue weighted by Crippen LogP contribution is 2.21. The first-order chi connectivity index (χ1) is 15.3. The summed E-state index contributed by atoms with van der Waals surface area (Å²) >= 11 is 0. The smallest absolute Gasteiger partial charge is 0.347 e. The molecule has 0 radical (unpaired) electrons. The molecule has 0 heterocycles. The van der Waals surface area contributed by atoms with E-state index in [2.05, 4.69) is 6.92 Å². The molecule has 178 valence electrons. The van der Waals surface area contributed by atoms with Crippen LogP contribution in [0.4, 0.5) is 0 Å². The van der Waals surface area contributed by atoms with Crippen LogP contribution >= 0.6 is 0 Å². The quantitative estimate of drug-likeness (QED) is 0.266. The van der Waals surface area contributed by atoms with Gasteiger partial charge in [-0.15, -0.1) is 0 Å². The number of hydrogen-bond donors (Lipinski definition) is 2. The van der Waals surface area contributed by atoms with E-state index in [1.807, 2.05) is 0 Å². The molecule has 0 spiro atoms. The zero-order valence-corrected chi connectivity index (χ0v) is 19.1. The molecular weight excluding hydrogens is 416 g/mol. The van der Waals surface area contributed by atoms with Crippen LogP contribution in [0.2, 0.25) is 0 Å². The summed E-state index contributed by atoms with van der Waals surface area (Å²) in [4.78, 5) is 49.1. The lowest BCUT2D eigenvalue weighted by Gasteiger charge is -2.14. The molecule has 0 saturated carbocycles. The Hall–Kier alpha value is -2.58. The van der Waals surface area contributed by atoms with E-state index in [1.54, 1.807) is 26.0 Å². The molecule has 0 amide bonds. The summed E-state index contributed by atoms with van der Waals surface area (Å²) in [6.45, 7) is 5.23. The number of carbonyl (C=O) groups excluding carboxylic acids is 4. The van der Waals surface area contributed by atoms with Crippen molar-refractivity contribution in [2.75, 3.05) is 0 Å². The number of ether oxygens (including phenoxy) is 2. The van der Waals surface area contributed by atoms with Crippen molar-refractivity contribution in [2.45, 2.75) is 90.8 Å². The maximum Gasteiger partial charge on any atom is 0.347 e. The first-order valence-corrected chi connectivity index (χ1v) is 11.3. The Morgan fingerprint density at radius 3 is 1.88 bits per heavy atom. The summed E-state index contributed by atoms with van der Waals surface area (Å²) in [5, 5.41) is 19.2. The second kappa shape index (κ2) is 14.5. The van der Waals surface area contributed by atoms with E-state index in [1.165, 1.54) is 6.07 Å². The van der Waals surface area contributed by atoms with Gasteiger partial charge in [-0.2, -0.15) is 0 Å². The second-order valence-corrected chi connectivity index (χ2v) is 7.62. The molecule has 0 fully saturated rings. The van der Waals surface area contributed by atoms with E-state index < -0.39 is 36.1 Å². The largest absolute Gasteiger partial charge is 0.387 e. The Labute approximate surface area is 188 Å². The third kappa shape index (κ3) is 8.51. The van der Waals surface area contributed by atoms with Crippen molar-refractivity contribution < 1.29 is 38.9 Å². The molecule has 0 bridgehead atoms. The van der Waals surface area contributed by atoms with Crippen LogP contribution in [-0.2, 0) is 25.5 Å². The van der Waals surface area contributed by atoms with Crippen molar-refractivity contribution in [3.63, 3.8) is 0 Å². The lowest BCUT2D eigenvalue weighted by Crippen LogP contribution is -2.28. The molecule has 1 aromatic carbocycles. The molecule has 2 atom stereocenters. The molecule has 2 N–H and O–H groups in total. The Morgan fingerprint density at radius 1 is 0.781 bits per heavy atom. The zero-order valence-electron chi connectivity index (χ0n) is 19.1. The van der Waals surface area contributed by atoms with E-state index in [4.69, 9.17) is 9.47 Å². The number of aliphatic hydroxyl groups is 2. The Bertz CT molecular complexity index is 786. The molecule has 8 heteroatoms. The van der Waals surface area contributed by atoms with Gasteiger partial charge in [-0.05, 0) is 37.3 Å². The average Bonchev–Trinajstić information content (AvgIpc) is 2.79. The SMILES string of the molecule is CCCCCCCCc1cccc(C(=O)OC(=O)C(O)CC)c1C(=O)OC(=O)C(O)CC. The van der Waals surface area contributed by atoms with E-state index in [0.717, 1.165) is 38.5 Å². The molecular formula is C24H34O8. The maximum absolute atomic E-state index is 12.8. The van der Waals surface area contributed by atoms with E-state index in [-0.39, 0.29) is 24.0 Å². The van der Waals surface area contributed by atoms with Gasteiger partial charge in [0.15, 0.2) is 12.2 Å². The van der Waals surface area contributed by atoms with E-state index in [9.17, 15) is 29.4 Å². The normalized spacial score (nSPS) is 12.7. The third-order valence-electron chi connectivity index (χ3n) is 5.08. The van der Waals surface area contributed by atoms with Crippen LogP contribution in [0.3, 0.4) is 0 Å². The predicted molar refractivity (Wildman–Crippen MR) is 117 cm³/mol. The zero-order chi connectivity index (χ0) is 24.1. The van der Waals surface area contributed by atoms with Crippen LogP contribution in [0, 0.1) is 0 Å². The maximum atomic E-state index is 12.8. The van der Waals surface area contributed by atoms with Crippen LogP contribution < -0.4 is 0 Å². The molecule has 1 rings (SSSR count). The first-order valence-electron chi connectivity index (χ1n) is 11.3. The molecule has 0 aliphatic heterocycles. The molecule has 0 aliphatic rings. The van der Waals surface area contributed by atoms with E-state index in [0.29, 0.717) is 12.0 Å². The van der Waals surface area contributed by atoms with Gasteiger partial charge < -0.3 is 19.7 Å². The number of rotatable bonds is 13. The van der Waals surface area contributed by atoms with Gasteiger partial charge in [-0.1, -0.05) is 65.0 Å². The van der Waals surface area contributed by atoms with Gasteiger partial charge in [0, 0.05) is 0 Å². The number of aliphatic hydroxyl groups excluding tert-OH is 2. The highest BCUT2D eigenvalue weighted by atomic mass is 16.6. The van der Waals surface area contributed by atoms with Crippen LogP contribution in [0.1, 0.15) is 98.4 Å². The van der Waals surface area contributed by atoms with Gasteiger partial charge in [0.25, 0.3) is 0 Å². The summed E-state index contributed by atoms with van der Waals surface area (Å²) < 4.78 is 9.49. The van der Waals surface area contributed by atoms with Crippen molar-refractivity contribution in [1.29, 1.82) is 0 Å². The summed E-state index contributed by atoms with van der Waals surface area (Å²) in [5.41, 5.74) is 0.0534. The highest BCUT2D eigenvalue weighted by Gasteiger charge is 2.28. The number of unbranched alkanes of at least 4 members (excludes halogenated alkanes) is 5. The van der Waals surface area contributed by atoms with Crippen molar-refractivity contribution in [2.24, 2.45) is 0 Å². The summed E-state index contributed by atoms with van der Waals surface area (Å²) in [5.74, 6) is -4.47. The summed E-state index contributed by atoms with van der Waals surface area (Å²) in [7, 11) is 0. The molecule has 8 nitrogen and oxygen atoms in total. The fourth-order valence-corrected chi connectivity index (χ4v) is 3.07. The standard InChI is InChI=1S/C24H34O8/c1-4-7-8-9-10-11-13-16-14-12-15-17(21(27)31-22(28)18(25)5-2)20(16)24(30)32-23(29)19(26)6-3/h12,14-15,18-19,25-26H,4-11,13H2,1-3H3. The van der Waals surface area contributed by atoms with Gasteiger partial charge in [0.1, 0.15) is 0 Å². The average molecular weight is 451 g/mol. The number of benzene rings is 1. The van der Waals surface area contributed by atoms with Crippen LogP contribution in [0.15, 0.2) is 18.2 Å². The topological polar surface area (TPSA) is 127 Å². The predicted octanol–water partition coefficient (Wildman–Crippen LogP) is 3.50. The number of aryl methyl sites for hydroxylation is 1. The highest BCUT2D eigenvalue weighted by molar-refractivity contribution is 6.09. The van der Waals surface area contributed by atoms with Gasteiger partial charge in [-0.25, -0.2) is 19.2 Å². The number of esters is 4. The molecule has 1 aromatic rings. The van der Waals surface area contributed by atoms with E-state index >= 15 is 0 Å². The van der Waals surface area contributed by atoms with Crippen LogP contribution in [0.25, 0.3) is 0 Å². The first kappa shape index (κ1) is 27.5. The minimum absolute atomic E-state index is 0.0580. The van der Waals surface area contributed by atoms with Crippen molar-refractivity contribution >= 4 is 23.9 Å². The number of carbonyl (C=O) groups is 4. The summed E-state index contributed by atoms with van der Waals surface area (Å²) in [6, 6.07) is 4.47. The lowest BCUT2D eigenvalue weighted by atomic mass is 9.96. The molecule has 2 unspecified atom stereocenters. The van der Waals surface area contributed by atoms with Crippen molar-refractivity contribution in [3.05, 3.63) is 34.9 Å². The third-order valence-corrected chi connectivity index (χ3v) is 5.08. The molecule has 32 heavy (non-hydrogen) atoms.